The molecule has 0 aliphatic rings. The number of hydrogen-bond donors (Lipinski definition) is 1. The van der Waals surface area contributed by atoms with Gasteiger partial charge in [-0.2, -0.15) is 0 Å². The van der Waals surface area contributed by atoms with Gasteiger partial charge in [-0.05, 0) is 30.2 Å². The molecule has 6 heteroatoms. The Bertz CT molecular complexity index is 679. The van der Waals surface area contributed by atoms with Crippen molar-refractivity contribution in [2.24, 2.45) is 0 Å². The van der Waals surface area contributed by atoms with Crippen molar-refractivity contribution in [2.75, 3.05) is 13.2 Å². The van der Waals surface area contributed by atoms with Crippen LogP contribution in [0.5, 0.6) is 5.75 Å². The van der Waals surface area contributed by atoms with Crippen LogP contribution in [-0.4, -0.2) is 19.1 Å². The monoisotopic (exact) mass is 355 g/mol. The maximum absolute atomic E-state index is 13.0. The van der Waals surface area contributed by atoms with E-state index in [1.807, 2.05) is 6.07 Å². The van der Waals surface area contributed by atoms with E-state index >= 15 is 0 Å². The summed E-state index contributed by atoms with van der Waals surface area (Å²) in [6.07, 6.45) is 0.815. The molecule has 0 fully saturated rings. The quantitative estimate of drug-likeness (QED) is 0.753. The van der Waals surface area contributed by atoms with Crippen molar-refractivity contribution in [1.29, 1.82) is 0 Å². The zero-order valence-corrected chi connectivity index (χ0v) is 13.8. The molecule has 0 heterocycles. The van der Waals surface area contributed by atoms with Gasteiger partial charge in [0, 0.05) is 12.5 Å². The fraction of sp³-hybridized carbons (Fsp3) is 0.235. The molecule has 0 aliphatic heterocycles. The van der Waals surface area contributed by atoms with Gasteiger partial charge in [-0.25, -0.2) is 4.39 Å². The average Bonchev–Trinajstić information content (AvgIpc) is 2.53. The SMILES string of the molecule is O=C(CCc1cccc(Cl)c1Cl)NCCOc1cccc(F)c1. The van der Waals surface area contributed by atoms with E-state index in [1.54, 1.807) is 24.3 Å². The van der Waals surface area contributed by atoms with Crippen LogP contribution in [0.3, 0.4) is 0 Å². The predicted molar refractivity (Wildman–Crippen MR) is 89.7 cm³/mol. The minimum Gasteiger partial charge on any atom is -0.492 e. The summed E-state index contributed by atoms with van der Waals surface area (Å²) in [6, 6.07) is 11.2. The van der Waals surface area contributed by atoms with E-state index < -0.39 is 0 Å². The fourth-order valence-electron chi connectivity index (χ4n) is 1.99. The first-order chi connectivity index (χ1) is 11.1. The van der Waals surface area contributed by atoms with E-state index in [1.165, 1.54) is 12.1 Å². The Morgan fingerprint density at radius 2 is 1.96 bits per heavy atom. The van der Waals surface area contributed by atoms with Gasteiger partial charge in [0.05, 0.1) is 16.6 Å². The number of rotatable bonds is 7. The maximum Gasteiger partial charge on any atom is 0.220 e. The van der Waals surface area contributed by atoms with Crippen molar-refractivity contribution in [3.8, 4) is 5.75 Å². The smallest absolute Gasteiger partial charge is 0.220 e. The second kappa shape index (κ2) is 8.75. The molecule has 2 aromatic rings. The molecule has 0 unspecified atom stereocenters. The molecule has 23 heavy (non-hydrogen) atoms. The van der Waals surface area contributed by atoms with Gasteiger partial charge in [0.25, 0.3) is 0 Å². The van der Waals surface area contributed by atoms with Gasteiger partial charge in [-0.3, -0.25) is 4.79 Å². The molecule has 0 radical (unpaired) electrons. The largest absolute Gasteiger partial charge is 0.492 e. The number of hydrogen-bond acceptors (Lipinski definition) is 2. The Labute approximate surface area is 144 Å². The highest BCUT2D eigenvalue weighted by Crippen LogP contribution is 2.26. The number of nitrogens with one attached hydrogen (secondary N) is 1. The highest BCUT2D eigenvalue weighted by atomic mass is 35.5. The van der Waals surface area contributed by atoms with Crippen LogP contribution in [0.4, 0.5) is 4.39 Å². The van der Waals surface area contributed by atoms with Crippen molar-refractivity contribution in [2.45, 2.75) is 12.8 Å². The fourth-order valence-corrected chi connectivity index (χ4v) is 2.41. The van der Waals surface area contributed by atoms with E-state index in [9.17, 15) is 9.18 Å². The van der Waals surface area contributed by atoms with Gasteiger partial charge in [-0.15, -0.1) is 0 Å². The molecule has 0 atom stereocenters. The summed E-state index contributed by atoms with van der Waals surface area (Å²) in [7, 11) is 0. The second-order valence-electron chi connectivity index (χ2n) is 4.87. The lowest BCUT2D eigenvalue weighted by molar-refractivity contribution is -0.121. The summed E-state index contributed by atoms with van der Waals surface area (Å²) < 4.78 is 18.3. The van der Waals surface area contributed by atoms with E-state index in [-0.39, 0.29) is 18.3 Å². The number of ether oxygens (including phenoxy) is 1. The minimum absolute atomic E-state index is 0.108. The molecule has 2 rings (SSSR count). The highest BCUT2D eigenvalue weighted by molar-refractivity contribution is 6.42. The summed E-state index contributed by atoms with van der Waals surface area (Å²) in [4.78, 5) is 11.8. The second-order valence-corrected chi connectivity index (χ2v) is 5.65. The Balaban J connectivity index is 1.68. The summed E-state index contributed by atoms with van der Waals surface area (Å²) in [5, 5.41) is 3.70. The molecule has 1 N–H and O–H groups in total. The van der Waals surface area contributed by atoms with Gasteiger partial charge in [-0.1, -0.05) is 41.4 Å². The van der Waals surface area contributed by atoms with Crippen LogP contribution in [0.25, 0.3) is 0 Å². The molecule has 3 nitrogen and oxygen atoms in total. The maximum atomic E-state index is 13.0. The molecule has 2 aromatic carbocycles. The van der Waals surface area contributed by atoms with Crippen molar-refractivity contribution in [1.82, 2.24) is 5.32 Å². The Morgan fingerprint density at radius 3 is 2.74 bits per heavy atom. The van der Waals surface area contributed by atoms with Gasteiger partial charge in [0.15, 0.2) is 0 Å². The van der Waals surface area contributed by atoms with Crippen LogP contribution in [0.2, 0.25) is 10.0 Å². The summed E-state index contributed by atoms with van der Waals surface area (Å²) in [5.74, 6) is -0.0289. The molecule has 0 bridgehead atoms. The highest BCUT2D eigenvalue weighted by Gasteiger charge is 2.07. The third-order valence-corrected chi connectivity index (χ3v) is 4.00. The van der Waals surface area contributed by atoms with Crippen LogP contribution in [-0.2, 0) is 11.2 Å². The van der Waals surface area contributed by atoms with Crippen molar-refractivity contribution in [3.05, 3.63) is 63.9 Å². The lowest BCUT2D eigenvalue weighted by atomic mass is 10.1. The van der Waals surface area contributed by atoms with E-state index in [0.29, 0.717) is 35.2 Å². The van der Waals surface area contributed by atoms with Crippen LogP contribution >= 0.6 is 23.2 Å². The topological polar surface area (TPSA) is 38.3 Å². The molecule has 0 aliphatic carbocycles. The standard InChI is InChI=1S/C17H16Cl2FNO2/c18-15-6-1-3-12(17(15)19)7-8-16(22)21-9-10-23-14-5-2-4-13(20)11-14/h1-6,11H,7-10H2,(H,21,22). The van der Waals surface area contributed by atoms with Crippen molar-refractivity contribution < 1.29 is 13.9 Å². The van der Waals surface area contributed by atoms with Gasteiger partial charge < -0.3 is 10.1 Å². The third-order valence-electron chi connectivity index (χ3n) is 3.14. The van der Waals surface area contributed by atoms with Gasteiger partial charge in [0.1, 0.15) is 18.2 Å². The number of carbonyl (C=O) groups is 1. The Hall–Kier alpha value is -1.78. The minimum atomic E-state index is -0.357. The number of amides is 1. The number of benzene rings is 2. The summed E-state index contributed by atoms with van der Waals surface area (Å²) in [6.45, 7) is 0.617. The molecular weight excluding hydrogens is 340 g/mol. The molecule has 0 saturated carbocycles. The number of carbonyl (C=O) groups excluding carboxylic acids is 1. The van der Waals surface area contributed by atoms with Crippen LogP contribution in [0.1, 0.15) is 12.0 Å². The van der Waals surface area contributed by atoms with E-state index in [2.05, 4.69) is 5.32 Å². The van der Waals surface area contributed by atoms with E-state index in [4.69, 9.17) is 27.9 Å². The normalized spacial score (nSPS) is 10.4. The zero-order chi connectivity index (χ0) is 16.7. The molecule has 0 aromatic heterocycles. The number of halogens is 3. The van der Waals surface area contributed by atoms with Crippen molar-refractivity contribution >= 4 is 29.1 Å². The molecule has 122 valence electrons. The lowest BCUT2D eigenvalue weighted by Crippen LogP contribution is -2.28. The molecule has 1 amide bonds. The van der Waals surface area contributed by atoms with Crippen LogP contribution < -0.4 is 10.1 Å². The zero-order valence-electron chi connectivity index (χ0n) is 12.3. The van der Waals surface area contributed by atoms with Crippen LogP contribution in [0, 0.1) is 5.82 Å². The molecule has 0 saturated heterocycles. The third kappa shape index (κ3) is 5.73. The van der Waals surface area contributed by atoms with Gasteiger partial charge in [0.2, 0.25) is 5.91 Å². The first-order valence-electron chi connectivity index (χ1n) is 7.14. The van der Waals surface area contributed by atoms with Crippen LogP contribution in [0.15, 0.2) is 42.5 Å². The molecular formula is C17H16Cl2FNO2. The first kappa shape index (κ1) is 17.6. The summed E-state index contributed by atoms with van der Waals surface area (Å²) >= 11 is 12.0. The first-order valence-corrected chi connectivity index (χ1v) is 7.90. The predicted octanol–water partition coefficient (Wildman–Crippen LogP) is 4.26. The summed E-state index contributed by atoms with van der Waals surface area (Å²) in [5.41, 5.74) is 0.838. The lowest BCUT2D eigenvalue weighted by Gasteiger charge is -2.09. The van der Waals surface area contributed by atoms with Gasteiger partial charge >= 0.3 is 0 Å². The Morgan fingerprint density at radius 1 is 1.17 bits per heavy atom. The number of aryl methyl sites for hydroxylation is 1. The molecule has 0 spiro atoms. The average molecular weight is 356 g/mol. The Kier molecular flexibility index (Phi) is 6.68. The van der Waals surface area contributed by atoms with E-state index in [0.717, 1.165) is 5.56 Å². The van der Waals surface area contributed by atoms with Crippen molar-refractivity contribution in [3.63, 3.8) is 0 Å².